The summed E-state index contributed by atoms with van der Waals surface area (Å²) in [6.45, 7) is 1.69. The average molecular weight is 400 g/mol. The van der Waals surface area contributed by atoms with Crippen molar-refractivity contribution in [1.82, 2.24) is 5.32 Å². The monoisotopic (exact) mass is 399 g/mol. The molecule has 26 heavy (non-hydrogen) atoms. The van der Waals surface area contributed by atoms with E-state index in [0.717, 1.165) is 18.4 Å². The van der Waals surface area contributed by atoms with Crippen LogP contribution in [0.3, 0.4) is 0 Å². The number of ether oxygens (including phenoxy) is 1. The Balaban J connectivity index is 1.66. The van der Waals surface area contributed by atoms with Gasteiger partial charge in [0.2, 0.25) is 0 Å². The molecule has 1 aliphatic heterocycles. The minimum Gasteiger partial charge on any atom is -0.481 e. The number of nitrogens with one attached hydrogen (secondary N) is 1. The van der Waals surface area contributed by atoms with Crippen LogP contribution in [0, 0.1) is 0 Å². The van der Waals surface area contributed by atoms with Crippen molar-refractivity contribution in [3.8, 4) is 5.75 Å². The molecule has 2 fully saturated rings. The van der Waals surface area contributed by atoms with Gasteiger partial charge in [0, 0.05) is 11.1 Å². The Labute approximate surface area is 160 Å². The topological polar surface area (TPSA) is 72.5 Å². The molecule has 1 N–H and O–H groups in total. The highest BCUT2D eigenvalue weighted by atomic mass is 35.5. The molecule has 7 heteroatoms. The molecule has 1 saturated heterocycles. The van der Waals surface area contributed by atoms with E-state index >= 15 is 0 Å². The Morgan fingerprint density at radius 3 is 2.62 bits per heavy atom. The highest BCUT2D eigenvalue weighted by Gasteiger charge is 2.30. The van der Waals surface area contributed by atoms with E-state index < -0.39 is 15.9 Å². The van der Waals surface area contributed by atoms with E-state index in [1.54, 1.807) is 13.0 Å². The lowest BCUT2D eigenvalue weighted by Gasteiger charge is -2.26. The van der Waals surface area contributed by atoms with Crippen LogP contribution in [0.5, 0.6) is 5.75 Å². The van der Waals surface area contributed by atoms with Gasteiger partial charge in [0.15, 0.2) is 15.9 Å². The molecule has 3 rings (SSSR count). The van der Waals surface area contributed by atoms with Crippen LogP contribution >= 0.6 is 11.6 Å². The first-order valence-corrected chi connectivity index (χ1v) is 11.5. The van der Waals surface area contributed by atoms with Gasteiger partial charge >= 0.3 is 0 Å². The Hall–Kier alpha value is -1.27. The molecule has 1 heterocycles. The zero-order valence-corrected chi connectivity index (χ0v) is 16.6. The SMILES string of the molecule is C[C@@H](Oc1ccc(Cl)cc1C1CCCCC1)C(=O)N[C@H]1CCS(=O)(=O)C1. The van der Waals surface area contributed by atoms with E-state index in [2.05, 4.69) is 5.32 Å². The predicted molar refractivity (Wildman–Crippen MR) is 103 cm³/mol. The Kier molecular flexibility index (Phi) is 6.13. The van der Waals surface area contributed by atoms with Crippen molar-refractivity contribution < 1.29 is 17.9 Å². The minimum atomic E-state index is -3.02. The molecule has 1 aromatic carbocycles. The molecule has 1 aromatic rings. The molecule has 5 nitrogen and oxygen atoms in total. The maximum Gasteiger partial charge on any atom is 0.261 e. The van der Waals surface area contributed by atoms with Gasteiger partial charge in [0.05, 0.1) is 11.5 Å². The molecule has 2 atom stereocenters. The number of benzene rings is 1. The van der Waals surface area contributed by atoms with Crippen molar-refractivity contribution >= 4 is 27.3 Å². The normalized spacial score (nSPS) is 24.2. The van der Waals surface area contributed by atoms with Crippen LogP contribution in [0.15, 0.2) is 18.2 Å². The van der Waals surface area contributed by atoms with E-state index in [-0.39, 0.29) is 23.5 Å². The second-order valence-electron chi connectivity index (χ2n) is 7.39. The maximum atomic E-state index is 12.4. The van der Waals surface area contributed by atoms with Crippen LogP contribution in [0.4, 0.5) is 0 Å². The van der Waals surface area contributed by atoms with Crippen LogP contribution in [0.1, 0.15) is 56.9 Å². The van der Waals surface area contributed by atoms with E-state index in [9.17, 15) is 13.2 Å². The largest absolute Gasteiger partial charge is 0.481 e. The molecule has 1 aliphatic carbocycles. The van der Waals surface area contributed by atoms with Crippen molar-refractivity contribution in [2.75, 3.05) is 11.5 Å². The van der Waals surface area contributed by atoms with E-state index in [0.29, 0.717) is 23.1 Å². The quantitative estimate of drug-likeness (QED) is 0.822. The summed E-state index contributed by atoms with van der Waals surface area (Å²) in [6.07, 6.45) is 5.65. The summed E-state index contributed by atoms with van der Waals surface area (Å²) in [5.41, 5.74) is 1.07. The Morgan fingerprint density at radius 1 is 1.23 bits per heavy atom. The number of sulfone groups is 1. The number of hydrogen-bond acceptors (Lipinski definition) is 4. The fourth-order valence-corrected chi connectivity index (χ4v) is 5.68. The summed E-state index contributed by atoms with van der Waals surface area (Å²) in [7, 11) is -3.02. The standard InChI is InChI=1S/C19H26ClNO4S/c1-13(19(22)21-16-9-10-26(23,24)12-16)25-18-8-7-15(20)11-17(18)14-5-3-2-4-6-14/h7-8,11,13-14,16H,2-6,9-10,12H2,1H3,(H,21,22)/t13-,16+/m1/s1. The average Bonchev–Trinajstić information content (AvgIpc) is 2.95. The number of carbonyl (C=O) groups is 1. The van der Waals surface area contributed by atoms with Gasteiger partial charge in [-0.2, -0.15) is 0 Å². The molecule has 0 bridgehead atoms. The first-order chi connectivity index (χ1) is 12.3. The summed E-state index contributed by atoms with van der Waals surface area (Å²) in [4.78, 5) is 12.4. The summed E-state index contributed by atoms with van der Waals surface area (Å²) < 4.78 is 29.0. The van der Waals surface area contributed by atoms with Crippen molar-refractivity contribution in [1.29, 1.82) is 0 Å². The van der Waals surface area contributed by atoms with Crippen LogP contribution in [-0.4, -0.2) is 38.0 Å². The third kappa shape index (κ3) is 4.92. The predicted octanol–water partition coefficient (Wildman–Crippen LogP) is 3.46. The highest BCUT2D eigenvalue weighted by molar-refractivity contribution is 7.91. The maximum absolute atomic E-state index is 12.4. The Bertz CT molecular complexity index is 759. The van der Waals surface area contributed by atoms with Crippen molar-refractivity contribution in [3.05, 3.63) is 28.8 Å². The zero-order chi connectivity index (χ0) is 18.7. The smallest absolute Gasteiger partial charge is 0.261 e. The molecule has 2 aliphatic rings. The molecule has 0 spiro atoms. The molecular weight excluding hydrogens is 374 g/mol. The lowest BCUT2D eigenvalue weighted by atomic mass is 9.83. The van der Waals surface area contributed by atoms with Crippen molar-refractivity contribution in [3.63, 3.8) is 0 Å². The molecule has 0 radical (unpaired) electrons. The fourth-order valence-electron chi connectivity index (χ4n) is 3.83. The second kappa shape index (κ2) is 8.17. The van der Waals surface area contributed by atoms with E-state index in [1.165, 1.54) is 19.3 Å². The van der Waals surface area contributed by atoms with Gasteiger partial charge in [-0.3, -0.25) is 4.79 Å². The molecule has 0 aromatic heterocycles. The van der Waals surface area contributed by atoms with Gasteiger partial charge in [0.1, 0.15) is 5.75 Å². The number of carbonyl (C=O) groups excluding carboxylic acids is 1. The van der Waals surface area contributed by atoms with Crippen LogP contribution < -0.4 is 10.1 Å². The molecule has 0 unspecified atom stereocenters. The lowest BCUT2D eigenvalue weighted by Crippen LogP contribution is -2.43. The summed E-state index contributed by atoms with van der Waals surface area (Å²) in [5.74, 6) is 0.975. The molecular formula is C19H26ClNO4S. The molecule has 1 saturated carbocycles. The van der Waals surface area contributed by atoms with Gasteiger partial charge < -0.3 is 10.1 Å². The van der Waals surface area contributed by atoms with Crippen molar-refractivity contribution in [2.45, 2.75) is 63.5 Å². The number of hydrogen-bond donors (Lipinski definition) is 1. The highest BCUT2D eigenvalue weighted by Crippen LogP contribution is 2.39. The summed E-state index contributed by atoms with van der Waals surface area (Å²) in [5, 5.41) is 3.47. The van der Waals surface area contributed by atoms with Crippen molar-refractivity contribution in [2.24, 2.45) is 0 Å². The number of rotatable bonds is 5. The fraction of sp³-hybridized carbons (Fsp3) is 0.632. The zero-order valence-electron chi connectivity index (χ0n) is 15.0. The number of amides is 1. The van der Waals surface area contributed by atoms with E-state index in [4.69, 9.17) is 16.3 Å². The third-order valence-corrected chi connectivity index (χ3v) is 7.27. The molecule has 1 amide bonds. The van der Waals surface area contributed by atoms with E-state index in [1.807, 2.05) is 12.1 Å². The molecule has 144 valence electrons. The summed E-state index contributed by atoms with van der Waals surface area (Å²) in [6, 6.07) is 5.23. The van der Waals surface area contributed by atoms with Gasteiger partial charge in [-0.15, -0.1) is 0 Å². The second-order valence-corrected chi connectivity index (χ2v) is 10.1. The summed E-state index contributed by atoms with van der Waals surface area (Å²) >= 11 is 6.18. The van der Waals surface area contributed by atoms with Crippen LogP contribution in [-0.2, 0) is 14.6 Å². The Morgan fingerprint density at radius 2 is 1.96 bits per heavy atom. The first-order valence-electron chi connectivity index (χ1n) is 9.31. The van der Waals surface area contributed by atoms with Gasteiger partial charge in [0.25, 0.3) is 5.91 Å². The van der Waals surface area contributed by atoms with Crippen LogP contribution in [0.25, 0.3) is 0 Å². The minimum absolute atomic E-state index is 0.0136. The first kappa shape index (κ1) is 19.5. The van der Waals surface area contributed by atoms with Gasteiger partial charge in [-0.25, -0.2) is 8.42 Å². The third-order valence-electron chi connectivity index (χ3n) is 5.27. The number of halogens is 1. The van der Waals surface area contributed by atoms with Gasteiger partial charge in [-0.05, 0) is 55.9 Å². The van der Waals surface area contributed by atoms with Gasteiger partial charge in [-0.1, -0.05) is 30.9 Å². The lowest BCUT2D eigenvalue weighted by molar-refractivity contribution is -0.127. The van der Waals surface area contributed by atoms with Crippen LogP contribution in [0.2, 0.25) is 5.02 Å².